The van der Waals surface area contributed by atoms with E-state index >= 15 is 0 Å². The molecule has 1 atom stereocenters. The summed E-state index contributed by atoms with van der Waals surface area (Å²) in [6.07, 6.45) is 0.614. The quantitative estimate of drug-likeness (QED) is 0.701. The molecule has 1 aliphatic rings. The summed E-state index contributed by atoms with van der Waals surface area (Å²) in [6.45, 7) is 10.2. The van der Waals surface area contributed by atoms with Gasteiger partial charge in [-0.1, -0.05) is 0 Å². The van der Waals surface area contributed by atoms with Crippen LogP contribution < -0.4 is 10.6 Å². The number of carbonyl (C=O) groups is 1. The van der Waals surface area contributed by atoms with Crippen LogP contribution in [0.15, 0.2) is 0 Å². The molecule has 0 unspecified atom stereocenters. The highest BCUT2D eigenvalue weighted by Crippen LogP contribution is 2.02. The Hall–Kier alpha value is -0.610. The highest BCUT2D eigenvalue weighted by atomic mass is 16.1. The van der Waals surface area contributed by atoms with Crippen LogP contribution >= 0.6 is 0 Å². The van der Waals surface area contributed by atoms with Crippen molar-refractivity contribution in [2.24, 2.45) is 0 Å². The lowest BCUT2D eigenvalue weighted by Crippen LogP contribution is -2.50. The fourth-order valence-electron chi connectivity index (χ4n) is 1.85. The molecule has 1 rings (SSSR count). The van der Waals surface area contributed by atoms with Gasteiger partial charge < -0.3 is 10.6 Å². The number of carbonyl (C=O) groups excluding carboxylic acids is 1. The monoisotopic (exact) mass is 213 g/mol. The summed E-state index contributed by atoms with van der Waals surface area (Å²) in [6, 6.07) is 0.795. The van der Waals surface area contributed by atoms with E-state index in [-0.39, 0.29) is 11.9 Å². The van der Waals surface area contributed by atoms with Gasteiger partial charge in [0.2, 0.25) is 5.91 Å². The molecular weight excluding hydrogens is 190 g/mol. The first-order valence-electron chi connectivity index (χ1n) is 5.83. The van der Waals surface area contributed by atoms with E-state index in [0.717, 1.165) is 26.2 Å². The summed E-state index contributed by atoms with van der Waals surface area (Å²) >= 11 is 0. The lowest BCUT2D eigenvalue weighted by atomic mass is 10.2. The fourth-order valence-corrected chi connectivity index (χ4v) is 1.85. The highest BCUT2D eigenvalue weighted by Gasteiger charge is 2.18. The Morgan fingerprint density at radius 2 is 2.33 bits per heavy atom. The van der Waals surface area contributed by atoms with Gasteiger partial charge in [-0.05, 0) is 20.8 Å². The van der Waals surface area contributed by atoms with E-state index in [4.69, 9.17) is 0 Å². The van der Waals surface area contributed by atoms with Crippen LogP contribution in [0.1, 0.15) is 27.2 Å². The van der Waals surface area contributed by atoms with Crippen LogP contribution in [0.5, 0.6) is 0 Å². The van der Waals surface area contributed by atoms with Crippen molar-refractivity contribution in [3.05, 3.63) is 0 Å². The van der Waals surface area contributed by atoms with Gasteiger partial charge in [-0.3, -0.25) is 9.69 Å². The highest BCUT2D eigenvalue weighted by molar-refractivity contribution is 5.76. The molecule has 1 aliphatic heterocycles. The lowest BCUT2D eigenvalue weighted by Gasteiger charge is -2.33. The summed E-state index contributed by atoms with van der Waals surface area (Å²) in [5.41, 5.74) is 0. The molecule has 1 saturated heterocycles. The van der Waals surface area contributed by atoms with Gasteiger partial charge in [-0.15, -0.1) is 0 Å². The average molecular weight is 213 g/mol. The summed E-state index contributed by atoms with van der Waals surface area (Å²) in [5.74, 6) is 0.163. The normalized spacial score (nSPS) is 23.1. The van der Waals surface area contributed by atoms with Gasteiger partial charge in [-0.2, -0.15) is 0 Å². The standard InChI is InChI=1S/C11H23N3O/c1-9(2)13-11(15)4-6-14-7-5-12-8-10(14)3/h9-10,12H,4-8H2,1-3H3,(H,13,15)/t10-/m0/s1. The minimum Gasteiger partial charge on any atom is -0.354 e. The first-order chi connectivity index (χ1) is 7.09. The minimum absolute atomic E-state index is 0.163. The summed E-state index contributed by atoms with van der Waals surface area (Å²) in [4.78, 5) is 13.8. The van der Waals surface area contributed by atoms with Gasteiger partial charge in [0.25, 0.3) is 0 Å². The van der Waals surface area contributed by atoms with Gasteiger partial charge in [0.1, 0.15) is 0 Å². The van der Waals surface area contributed by atoms with E-state index in [0.29, 0.717) is 12.5 Å². The third-order valence-corrected chi connectivity index (χ3v) is 2.71. The van der Waals surface area contributed by atoms with E-state index in [1.54, 1.807) is 0 Å². The van der Waals surface area contributed by atoms with Crippen LogP contribution in [-0.4, -0.2) is 49.1 Å². The van der Waals surface area contributed by atoms with Crippen LogP contribution in [0, 0.1) is 0 Å². The maximum atomic E-state index is 11.4. The van der Waals surface area contributed by atoms with Crippen molar-refractivity contribution in [3.8, 4) is 0 Å². The third kappa shape index (κ3) is 4.62. The second-order valence-corrected chi connectivity index (χ2v) is 4.56. The van der Waals surface area contributed by atoms with Crippen molar-refractivity contribution in [2.45, 2.75) is 39.3 Å². The SMILES string of the molecule is CC(C)NC(=O)CCN1CCNC[C@@H]1C. The first kappa shape index (κ1) is 12.5. The third-order valence-electron chi connectivity index (χ3n) is 2.71. The molecular formula is C11H23N3O. The summed E-state index contributed by atoms with van der Waals surface area (Å²) < 4.78 is 0. The van der Waals surface area contributed by atoms with Crippen LogP contribution in [0.25, 0.3) is 0 Å². The zero-order valence-corrected chi connectivity index (χ0v) is 10.0. The first-order valence-corrected chi connectivity index (χ1v) is 5.83. The van der Waals surface area contributed by atoms with Crippen molar-refractivity contribution in [2.75, 3.05) is 26.2 Å². The molecule has 4 heteroatoms. The van der Waals surface area contributed by atoms with Crippen LogP contribution in [-0.2, 0) is 4.79 Å². The van der Waals surface area contributed by atoms with Gasteiger partial charge in [0.15, 0.2) is 0 Å². The van der Waals surface area contributed by atoms with Gasteiger partial charge in [0.05, 0.1) is 0 Å². The average Bonchev–Trinajstić information content (AvgIpc) is 2.15. The van der Waals surface area contributed by atoms with Gasteiger partial charge in [0, 0.05) is 44.7 Å². The van der Waals surface area contributed by atoms with Crippen molar-refractivity contribution in [1.82, 2.24) is 15.5 Å². The molecule has 4 nitrogen and oxygen atoms in total. The smallest absolute Gasteiger partial charge is 0.221 e. The van der Waals surface area contributed by atoms with Crippen molar-refractivity contribution < 1.29 is 4.79 Å². The number of hydrogen-bond donors (Lipinski definition) is 2. The van der Waals surface area contributed by atoms with E-state index in [2.05, 4.69) is 22.5 Å². The van der Waals surface area contributed by atoms with Crippen molar-refractivity contribution in [3.63, 3.8) is 0 Å². The zero-order valence-electron chi connectivity index (χ0n) is 10.0. The molecule has 0 aromatic heterocycles. The largest absolute Gasteiger partial charge is 0.354 e. The van der Waals surface area contributed by atoms with E-state index in [1.165, 1.54) is 0 Å². The Kier molecular flexibility index (Phi) is 5.05. The number of piperazine rings is 1. The number of nitrogens with zero attached hydrogens (tertiary/aromatic N) is 1. The van der Waals surface area contributed by atoms with E-state index < -0.39 is 0 Å². The number of rotatable bonds is 4. The molecule has 0 aromatic rings. The van der Waals surface area contributed by atoms with Crippen LogP contribution in [0.3, 0.4) is 0 Å². The molecule has 1 fully saturated rings. The Labute approximate surface area is 92.4 Å². The van der Waals surface area contributed by atoms with Crippen molar-refractivity contribution >= 4 is 5.91 Å². The van der Waals surface area contributed by atoms with Crippen LogP contribution in [0.4, 0.5) is 0 Å². The maximum absolute atomic E-state index is 11.4. The van der Waals surface area contributed by atoms with E-state index in [1.807, 2.05) is 13.8 Å². The van der Waals surface area contributed by atoms with Crippen LogP contribution in [0.2, 0.25) is 0 Å². The molecule has 0 aromatic carbocycles. The molecule has 0 saturated carbocycles. The van der Waals surface area contributed by atoms with Gasteiger partial charge >= 0.3 is 0 Å². The molecule has 1 amide bonds. The fraction of sp³-hybridized carbons (Fsp3) is 0.909. The number of nitrogens with one attached hydrogen (secondary N) is 2. The Morgan fingerprint density at radius 3 is 2.93 bits per heavy atom. The molecule has 15 heavy (non-hydrogen) atoms. The Bertz CT molecular complexity index is 206. The molecule has 0 aliphatic carbocycles. The summed E-state index contributed by atoms with van der Waals surface area (Å²) in [5, 5.41) is 6.26. The molecule has 0 spiro atoms. The molecule has 0 radical (unpaired) electrons. The number of hydrogen-bond acceptors (Lipinski definition) is 3. The predicted octanol–water partition coefficient (Wildman–Crippen LogP) is 0.195. The second-order valence-electron chi connectivity index (χ2n) is 4.56. The zero-order chi connectivity index (χ0) is 11.3. The minimum atomic E-state index is 0.163. The Balaban J connectivity index is 2.20. The predicted molar refractivity (Wildman–Crippen MR) is 61.8 cm³/mol. The van der Waals surface area contributed by atoms with Gasteiger partial charge in [-0.25, -0.2) is 0 Å². The van der Waals surface area contributed by atoms with E-state index in [9.17, 15) is 4.79 Å². The lowest BCUT2D eigenvalue weighted by molar-refractivity contribution is -0.122. The maximum Gasteiger partial charge on any atom is 0.221 e. The molecule has 1 heterocycles. The van der Waals surface area contributed by atoms with Crippen molar-refractivity contribution in [1.29, 1.82) is 0 Å². The molecule has 88 valence electrons. The molecule has 0 bridgehead atoms. The Morgan fingerprint density at radius 1 is 1.60 bits per heavy atom. The summed E-state index contributed by atoms with van der Waals surface area (Å²) in [7, 11) is 0. The molecule has 2 N–H and O–H groups in total. The second kappa shape index (κ2) is 6.08. The number of amides is 1. The topological polar surface area (TPSA) is 44.4 Å².